The number of hydrogen-bond donors (Lipinski definition) is 2. The fourth-order valence-corrected chi connectivity index (χ4v) is 2.12. The predicted octanol–water partition coefficient (Wildman–Crippen LogP) is 2.18. The highest BCUT2D eigenvalue weighted by Gasteiger charge is 2.14. The molecule has 92 valence electrons. The number of nitrogens with one attached hydrogen (secondary N) is 1. The summed E-state index contributed by atoms with van der Waals surface area (Å²) in [5, 5.41) is 0. The molecule has 0 aliphatic heterocycles. The van der Waals surface area contributed by atoms with Crippen LogP contribution in [0, 0.1) is 0 Å². The van der Waals surface area contributed by atoms with E-state index in [1.807, 2.05) is 22.7 Å². The maximum absolute atomic E-state index is 11.7. The molecule has 0 aliphatic rings. The third-order valence-corrected chi connectivity index (χ3v) is 2.93. The van der Waals surface area contributed by atoms with E-state index in [2.05, 4.69) is 4.98 Å². The summed E-state index contributed by atoms with van der Waals surface area (Å²) < 4.78 is 6.96. The zero-order valence-electron chi connectivity index (χ0n) is 9.93. The number of esters is 1. The summed E-state index contributed by atoms with van der Waals surface area (Å²) in [5.41, 5.74) is 9.50. The zero-order chi connectivity index (χ0) is 12.7. The Labute approximate surface area is 103 Å². The van der Waals surface area contributed by atoms with Crippen molar-refractivity contribution in [2.45, 2.75) is 6.92 Å². The van der Waals surface area contributed by atoms with E-state index in [9.17, 15) is 4.79 Å². The predicted molar refractivity (Wildman–Crippen MR) is 69.6 cm³/mol. The number of ether oxygens (including phenoxy) is 1. The number of nitrogen functional groups attached to an aromatic ring is 1. The van der Waals surface area contributed by atoms with E-state index >= 15 is 0 Å². The molecule has 3 rings (SSSR count). The molecule has 0 spiro atoms. The number of carbonyl (C=O) groups is 1. The molecular weight excluding hydrogens is 230 g/mol. The first-order valence-electron chi connectivity index (χ1n) is 5.76. The Morgan fingerprint density at radius 1 is 1.50 bits per heavy atom. The summed E-state index contributed by atoms with van der Waals surface area (Å²) in [7, 11) is 0. The molecule has 3 aromatic rings. The molecular formula is C13H13N3O2. The number of hydrogen-bond acceptors (Lipinski definition) is 3. The molecule has 0 saturated heterocycles. The molecule has 18 heavy (non-hydrogen) atoms. The highest BCUT2D eigenvalue weighted by Crippen LogP contribution is 2.24. The Morgan fingerprint density at radius 3 is 3.11 bits per heavy atom. The number of nitrogens with zero attached hydrogens (tertiary/aromatic N) is 1. The van der Waals surface area contributed by atoms with Gasteiger partial charge in [0, 0.05) is 11.9 Å². The lowest BCUT2D eigenvalue weighted by Gasteiger charge is -2.05. The van der Waals surface area contributed by atoms with Crippen molar-refractivity contribution >= 4 is 28.3 Å². The van der Waals surface area contributed by atoms with E-state index in [4.69, 9.17) is 10.5 Å². The molecule has 0 atom stereocenters. The van der Waals surface area contributed by atoms with Crippen molar-refractivity contribution in [3.05, 3.63) is 36.0 Å². The standard InChI is InChI=1S/C13H13N3O2/c1-2-18-13(17)8-6-10-11(7-9(8)14)16-5-3-4-12(16)15-10/h3-7,15H,2,14H2,1H3. The highest BCUT2D eigenvalue weighted by atomic mass is 16.5. The van der Waals surface area contributed by atoms with Gasteiger partial charge in [-0.1, -0.05) is 0 Å². The number of fused-ring (bicyclic) bond motifs is 3. The second-order valence-corrected chi connectivity index (χ2v) is 4.07. The van der Waals surface area contributed by atoms with Gasteiger partial charge in [-0.15, -0.1) is 0 Å². The van der Waals surface area contributed by atoms with Crippen LogP contribution in [-0.4, -0.2) is 22.0 Å². The minimum atomic E-state index is -0.392. The van der Waals surface area contributed by atoms with Crippen LogP contribution in [0.4, 0.5) is 5.69 Å². The SMILES string of the molecule is CCOC(=O)c1cc2[nH]c3cccn3c2cc1N. The molecule has 0 radical (unpaired) electrons. The lowest BCUT2D eigenvalue weighted by molar-refractivity contribution is 0.0528. The average molecular weight is 243 g/mol. The van der Waals surface area contributed by atoms with E-state index in [1.54, 1.807) is 19.1 Å². The fraction of sp³-hybridized carbons (Fsp3) is 0.154. The quantitative estimate of drug-likeness (QED) is 0.535. The topological polar surface area (TPSA) is 72.5 Å². The molecule has 1 aromatic carbocycles. The van der Waals surface area contributed by atoms with Crippen molar-refractivity contribution in [1.29, 1.82) is 0 Å². The maximum Gasteiger partial charge on any atom is 0.340 e. The smallest absolute Gasteiger partial charge is 0.340 e. The van der Waals surface area contributed by atoms with Crippen LogP contribution in [0.5, 0.6) is 0 Å². The average Bonchev–Trinajstić information content (AvgIpc) is 2.89. The van der Waals surface area contributed by atoms with Crippen LogP contribution < -0.4 is 5.73 Å². The Balaban J connectivity index is 2.23. The van der Waals surface area contributed by atoms with E-state index in [0.29, 0.717) is 17.9 Å². The second-order valence-electron chi connectivity index (χ2n) is 4.07. The van der Waals surface area contributed by atoms with Gasteiger partial charge in [0.2, 0.25) is 0 Å². The van der Waals surface area contributed by atoms with Gasteiger partial charge < -0.3 is 19.9 Å². The molecule has 5 nitrogen and oxygen atoms in total. The number of nitrogens with two attached hydrogens (primary N) is 1. The molecule has 5 heteroatoms. The van der Waals surface area contributed by atoms with Gasteiger partial charge in [0.1, 0.15) is 5.65 Å². The van der Waals surface area contributed by atoms with E-state index in [-0.39, 0.29) is 0 Å². The summed E-state index contributed by atoms with van der Waals surface area (Å²) in [6.45, 7) is 2.11. The maximum atomic E-state index is 11.7. The van der Waals surface area contributed by atoms with Crippen molar-refractivity contribution in [3.63, 3.8) is 0 Å². The van der Waals surface area contributed by atoms with Crippen molar-refractivity contribution < 1.29 is 9.53 Å². The van der Waals surface area contributed by atoms with Gasteiger partial charge >= 0.3 is 5.97 Å². The van der Waals surface area contributed by atoms with Crippen LogP contribution in [0.25, 0.3) is 16.7 Å². The first kappa shape index (κ1) is 10.7. The van der Waals surface area contributed by atoms with Crippen molar-refractivity contribution in [2.24, 2.45) is 0 Å². The molecule has 2 aromatic heterocycles. The molecule has 0 amide bonds. The number of anilines is 1. The normalized spacial score (nSPS) is 11.2. The van der Waals surface area contributed by atoms with Crippen LogP contribution in [0.1, 0.15) is 17.3 Å². The number of carbonyl (C=O) groups excluding carboxylic acids is 1. The summed E-state index contributed by atoms with van der Waals surface area (Å²) in [6, 6.07) is 7.42. The molecule has 0 bridgehead atoms. The van der Waals surface area contributed by atoms with Gasteiger partial charge in [-0.05, 0) is 31.2 Å². The minimum absolute atomic E-state index is 0.336. The molecule has 0 fully saturated rings. The van der Waals surface area contributed by atoms with E-state index in [1.165, 1.54) is 0 Å². The second kappa shape index (κ2) is 3.80. The summed E-state index contributed by atoms with van der Waals surface area (Å²) in [5.74, 6) is -0.392. The Kier molecular flexibility index (Phi) is 2.26. The van der Waals surface area contributed by atoms with Crippen molar-refractivity contribution in [1.82, 2.24) is 9.38 Å². The van der Waals surface area contributed by atoms with Crippen LogP contribution in [0.2, 0.25) is 0 Å². The Hall–Kier alpha value is -2.43. The van der Waals surface area contributed by atoms with Crippen LogP contribution in [0.15, 0.2) is 30.5 Å². The molecule has 0 unspecified atom stereocenters. The van der Waals surface area contributed by atoms with E-state index < -0.39 is 5.97 Å². The van der Waals surface area contributed by atoms with Crippen molar-refractivity contribution in [2.75, 3.05) is 12.3 Å². The number of aromatic nitrogens is 2. The fourth-order valence-electron chi connectivity index (χ4n) is 2.12. The van der Waals surface area contributed by atoms with Gasteiger partial charge in [0.15, 0.2) is 0 Å². The number of rotatable bonds is 2. The first-order valence-corrected chi connectivity index (χ1v) is 5.76. The number of H-pyrrole nitrogens is 1. The summed E-state index contributed by atoms with van der Waals surface area (Å²) in [4.78, 5) is 15.0. The van der Waals surface area contributed by atoms with Gasteiger partial charge in [-0.25, -0.2) is 4.79 Å². The lowest BCUT2D eigenvalue weighted by Crippen LogP contribution is -2.08. The molecule has 2 heterocycles. The first-order chi connectivity index (χ1) is 8.70. The zero-order valence-corrected chi connectivity index (χ0v) is 9.93. The lowest BCUT2D eigenvalue weighted by atomic mass is 10.1. The van der Waals surface area contributed by atoms with Crippen LogP contribution >= 0.6 is 0 Å². The molecule has 0 aliphatic carbocycles. The van der Waals surface area contributed by atoms with Gasteiger partial charge in [0.05, 0.1) is 23.2 Å². The minimum Gasteiger partial charge on any atom is -0.462 e. The Bertz CT molecular complexity index is 739. The van der Waals surface area contributed by atoms with Gasteiger partial charge in [-0.2, -0.15) is 0 Å². The molecule has 3 N–H and O–H groups in total. The number of benzene rings is 1. The third-order valence-electron chi connectivity index (χ3n) is 2.93. The van der Waals surface area contributed by atoms with Crippen LogP contribution in [-0.2, 0) is 4.74 Å². The van der Waals surface area contributed by atoms with Crippen LogP contribution in [0.3, 0.4) is 0 Å². The van der Waals surface area contributed by atoms with Crippen molar-refractivity contribution in [3.8, 4) is 0 Å². The number of aromatic amines is 1. The summed E-state index contributed by atoms with van der Waals surface area (Å²) >= 11 is 0. The largest absolute Gasteiger partial charge is 0.462 e. The molecule has 0 saturated carbocycles. The third kappa shape index (κ3) is 1.44. The summed E-state index contributed by atoms with van der Waals surface area (Å²) in [6.07, 6.45) is 1.94. The van der Waals surface area contributed by atoms with Gasteiger partial charge in [-0.3, -0.25) is 0 Å². The monoisotopic (exact) mass is 243 g/mol. The van der Waals surface area contributed by atoms with Gasteiger partial charge in [0.25, 0.3) is 0 Å². The number of imidazole rings is 1. The van der Waals surface area contributed by atoms with E-state index in [0.717, 1.165) is 16.7 Å². The Morgan fingerprint density at radius 2 is 2.33 bits per heavy atom. The highest BCUT2D eigenvalue weighted by molar-refractivity contribution is 6.00.